The molecule has 0 aliphatic rings. The molecule has 2 heterocycles. The molecule has 0 bridgehead atoms. The van der Waals surface area contributed by atoms with Crippen molar-refractivity contribution >= 4 is 5.91 Å². The average molecular weight is 339 g/mol. The van der Waals surface area contributed by atoms with Crippen molar-refractivity contribution in [3.8, 4) is 34.2 Å². The number of aromatic hydroxyl groups is 1. The van der Waals surface area contributed by atoms with E-state index in [0.717, 1.165) is 0 Å². The van der Waals surface area contributed by atoms with Crippen molar-refractivity contribution in [2.24, 2.45) is 0 Å². The number of phenols is 1. The summed E-state index contributed by atoms with van der Waals surface area (Å²) < 4.78 is 10.8. The molecule has 0 saturated carbocycles. The zero-order chi connectivity index (χ0) is 17.8. The molecule has 0 saturated heterocycles. The van der Waals surface area contributed by atoms with E-state index in [1.54, 1.807) is 42.6 Å². The molecule has 0 fully saturated rings. The zero-order valence-corrected chi connectivity index (χ0v) is 13.8. The first-order valence-electron chi connectivity index (χ1n) is 7.71. The fourth-order valence-corrected chi connectivity index (χ4v) is 2.30. The topological polar surface area (TPSA) is 97.5 Å². The largest absolute Gasteiger partial charge is 0.508 e. The van der Waals surface area contributed by atoms with Crippen molar-refractivity contribution in [1.29, 1.82) is 0 Å². The maximum Gasteiger partial charge on any atom is 0.307 e. The second-order valence-corrected chi connectivity index (χ2v) is 5.19. The minimum atomic E-state index is -0.393. The van der Waals surface area contributed by atoms with Crippen LogP contribution in [0.3, 0.4) is 0 Å². The molecule has 0 aliphatic heterocycles. The van der Waals surface area contributed by atoms with Gasteiger partial charge in [0.1, 0.15) is 11.4 Å². The highest BCUT2D eigenvalue weighted by atomic mass is 16.5. The maximum absolute atomic E-state index is 12.1. The summed E-state index contributed by atoms with van der Waals surface area (Å²) in [6.07, 6.45) is 1.60. The summed E-state index contributed by atoms with van der Waals surface area (Å²) in [5.41, 5.74) is 1.86. The lowest BCUT2D eigenvalue weighted by Crippen LogP contribution is -2.22. The first-order chi connectivity index (χ1) is 12.1. The number of amides is 1. The Bertz CT molecular complexity index is 870. The number of pyridine rings is 1. The summed E-state index contributed by atoms with van der Waals surface area (Å²) in [4.78, 5) is 20.6. The van der Waals surface area contributed by atoms with E-state index in [1.165, 1.54) is 7.11 Å². The molecule has 3 aromatic rings. The average Bonchev–Trinajstić information content (AvgIpc) is 3.08. The number of ether oxygens (including phenoxy) is 1. The molecule has 3 rings (SSSR count). The molecule has 2 N–H and O–H groups in total. The molecule has 0 radical (unpaired) electrons. The summed E-state index contributed by atoms with van der Waals surface area (Å²) in [7, 11) is 1.53. The second kappa shape index (κ2) is 7.04. The number of hydrogen-bond acceptors (Lipinski definition) is 6. The Morgan fingerprint density at radius 3 is 2.52 bits per heavy atom. The van der Waals surface area contributed by atoms with Gasteiger partial charge in [-0.3, -0.25) is 4.79 Å². The lowest BCUT2D eigenvalue weighted by molar-refractivity contribution is 0.0922. The molecule has 1 aromatic carbocycles. The SMILES string of the molecule is CCNC(=O)c1nc(-c2ccc(OC)nc2)c(-c2ccc(O)cc2)o1. The molecule has 2 aromatic heterocycles. The highest BCUT2D eigenvalue weighted by Gasteiger charge is 2.21. The standard InChI is InChI=1S/C18H17N3O4/c1-3-19-17(23)18-21-15(12-6-9-14(24-2)20-10-12)16(25-18)11-4-7-13(22)8-5-11/h4-10,22H,3H2,1-2H3,(H,19,23). The Labute approximate surface area is 144 Å². The Morgan fingerprint density at radius 1 is 1.20 bits per heavy atom. The maximum atomic E-state index is 12.1. The van der Waals surface area contributed by atoms with E-state index in [1.807, 2.05) is 6.92 Å². The smallest absolute Gasteiger partial charge is 0.307 e. The van der Waals surface area contributed by atoms with E-state index in [9.17, 15) is 9.90 Å². The molecular formula is C18H17N3O4. The van der Waals surface area contributed by atoms with Gasteiger partial charge < -0.3 is 19.6 Å². The van der Waals surface area contributed by atoms with Crippen molar-refractivity contribution < 1.29 is 19.1 Å². The number of carbonyl (C=O) groups is 1. The number of phenolic OH excluding ortho intramolecular Hbond substituents is 1. The Morgan fingerprint density at radius 2 is 1.92 bits per heavy atom. The fourth-order valence-electron chi connectivity index (χ4n) is 2.30. The number of benzene rings is 1. The predicted octanol–water partition coefficient (Wildman–Crippen LogP) is 2.87. The predicted molar refractivity (Wildman–Crippen MR) is 91.4 cm³/mol. The summed E-state index contributed by atoms with van der Waals surface area (Å²) in [5.74, 6) is 0.612. The molecule has 1 amide bonds. The molecular weight excluding hydrogens is 322 g/mol. The lowest BCUT2D eigenvalue weighted by Gasteiger charge is -2.03. The number of aromatic nitrogens is 2. The van der Waals surface area contributed by atoms with Gasteiger partial charge in [-0.1, -0.05) is 0 Å². The van der Waals surface area contributed by atoms with Gasteiger partial charge in [0.15, 0.2) is 5.76 Å². The van der Waals surface area contributed by atoms with E-state index in [0.29, 0.717) is 35.0 Å². The van der Waals surface area contributed by atoms with Crippen LogP contribution in [0.1, 0.15) is 17.6 Å². The molecule has 0 spiro atoms. The van der Waals surface area contributed by atoms with Gasteiger partial charge in [-0.25, -0.2) is 9.97 Å². The number of nitrogens with one attached hydrogen (secondary N) is 1. The van der Waals surface area contributed by atoms with Crippen molar-refractivity contribution in [1.82, 2.24) is 15.3 Å². The minimum absolute atomic E-state index is 0.0317. The highest BCUT2D eigenvalue weighted by molar-refractivity contribution is 5.92. The van der Waals surface area contributed by atoms with Crippen LogP contribution in [-0.2, 0) is 0 Å². The van der Waals surface area contributed by atoms with E-state index >= 15 is 0 Å². The summed E-state index contributed by atoms with van der Waals surface area (Å²) >= 11 is 0. The number of methoxy groups -OCH3 is 1. The van der Waals surface area contributed by atoms with Crippen molar-refractivity contribution in [3.05, 3.63) is 48.5 Å². The van der Waals surface area contributed by atoms with Crippen LogP contribution in [0.5, 0.6) is 11.6 Å². The number of oxazole rings is 1. The van der Waals surface area contributed by atoms with Crippen LogP contribution in [-0.4, -0.2) is 34.6 Å². The summed E-state index contributed by atoms with van der Waals surface area (Å²) in [6, 6.07) is 9.96. The van der Waals surface area contributed by atoms with Gasteiger partial charge in [-0.15, -0.1) is 0 Å². The molecule has 7 nitrogen and oxygen atoms in total. The van der Waals surface area contributed by atoms with Gasteiger partial charge in [0.2, 0.25) is 5.88 Å². The Hall–Kier alpha value is -3.35. The summed E-state index contributed by atoms with van der Waals surface area (Å²) in [6.45, 7) is 2.28. The van der Waals surface area contributed by atoms with Crippen LogP contribution in [0.15, 0.2) is 47.0 Å². The van der Waals surface area contributed by atoms with Crippen molar-refractivity contribution in [2.45, 2.75) is 6.92 Å². The first-order valence-corrected chi connectivity index (χ1v) is 7.71. The van der Waals surface area contributed by atoms with Gasteiger partial charge >= 0.3 is 5.91 Å². The molecule has 0 unspecified atom stereocenters. The third kappa shape index (κ3) is 3.45. The number of carbonyl (C=O) groups excluding carboxylic acids is 1. The van der Waals surface area contributed by atoms with E-state index < -0.39 is 5.91 Å². The number of rotatable bonds is 5. The number of nitrogens with zero attached hydrogens (tertiary/aromatic N) is 2. The summed E-state index contributed by atoms with van der Waals surface area (Å²) in [5, 5.41) is 12.1. The molecule has 0 atom stereocenters. The quantitative estimate of drug-likeness (QED) is 0.742. The van der Waals surface area contributed by atoms with Gasteiger partial charge in [-0.05, 0) is 37.3 Å². The highest BCUT2D eigenvalue weighted by Crippen LogP contribution is 2.33. The van der Waals surface area contributed by atoms with Crippen molar-refractivity contribution in [3.63, 3.8) is 0 Å². The molecule has 7 heteroatoms. The zero-order valence-electron chi connectivity index (χ0n) is 13.8. The van der Waals surface area contributed by atoms with Crippen molar-refractivity contribution in [2.75, 3.05) is 13.7 Å². The van der Waals surface area contributed by atoms with Crippen LogP contribution in [0.25, 0.3) is 22.6 Å². The Kier molecular flexibility index (Phi) is 4.65. The monoisotopic (exact) mass is 339 g/mol. The van der Waals surface area contributed by atoms with Crippen LogP contribution >= 0.6 is 0 Å². The minimum Gasteiger partial charge on any atom is -0.508 e. The third-order valence-corrected chi connectivity index (χ3v) is 3.51. The van der Waals surface area contributed by atoms with Gasteiger partial charge in [0.25, 0.3) is 5.89 Å². The van der Waals surface area contributed by atoms with E-state index in [2.05, 4.69) is 15.3 Å². The van der Waals surface area contributed by atoms with Crippen LogP contribution < -0.4 is 10.1 Å². The Balaban J connectivity index is 2.10. The molecule has 25 heavy (non-hydrogen) atoms. The van der Waals surface area contributed by atoms with E-state index in [4.69, 9.17) is 9.15 Å². The molecule has 128 valence electrons. The first kappa shape index (κ1) is 16.5. The second-order valence-electron chi connectivity index (χ2n) is 5.19. The lowest BCUT2D eigenvalue weighted by atomic mass is 10.1. The van der Waals surface area contributed by atoms with Gasteiger partial charge in [0.05, 0.1) is 7.11 Å². The normalized spacial score (nSPS) is 10.5. The van der Waals surface area contributed by atoms with Gasteiger partial charge in [0, 0.05) is 29.9 Å². The van der Waals surface area contributed by atoms with Crippen LogP contribution in [0.2, 0.25) is 0 Å². The van der Waals surface area contributed by atoms with Crippen LogP contribution in [0.4, 0.5) is 0 Å². The van der Waals surface area contributed by atoms with Crippen LogP contribution in [0, 0.1) is 0 Å². The fraction of sp³-hybridized carbons (Fsp3) is 0.167. The number of hydrogen-bond donors (Lipinski definition) is 2. The molecule has 0 aliphatic carbocycles. The van der Waals surface area contributed by atoms with E-state index in [-0.39, 0.29) is 11.6 Å². The third-order valence-electron chi connectivity index (χ3n) is 3.51. The van der Waals surface area contributed by atoms with Gasteiger partial charge in [-0.2, -0.15) is 0 Å².